The lowest BCUT2D eigenvalue weighted by molar-refractivity contribution is 0.375. The van der Waals surface area contributed by atoms with E-state index in [0.29, 0.717) is 18.2 Å². The van der Waals surface area contributed by atoms with E-state index in [0.717, 1.165) is 17.1 Å². The molecule has 2 N–H and O–H groups in total. The van der Waals surface area contributed by atoms with Crippen molar-refractivity contribution in [1.82, 2.24) is 10.1 Å². The zero-order chi connectivity index (χ0) is 12.4. The summed E-state index contributed by atoms with van der Waals surface area (Å²) < 4.78 is 5.32. The lowest BCUT2D eigenvalue weighted by atomic mass is 10.1. The van der Waals surface area contributed by atoms with Gasteiger partial charge in [-0.1, -0.05) is 36.2 Å². The van der Waals surface area contributed by atoms with Crippen LogP contribution in [0, 0.1) is 0 Å². The van der Waals surface area contributed by atoms with Crippen LogP contribution in [0.1, 0.15) is 48.9 Å². The number of nitrogens with two attached hydrogens (primary N) is 1. The topological polar surface area (TPSA) is 64.9 Å². The number of para-hydroxylation sites is 1. The molecule has 0 unspecified atom stereocenters. The summed E-state index contributed by atoms with van der Waals surface area (Å²) >= 11 is 0. The Bertz CT molecular complexity index is 529. The van der Waals surface area contributed by atoms with Crippen molar-refractivity contribution < 1.29 is 4.52 Å². The highest BCUT2D eigenvalue weighted by Crippen LogP contribution is 2.32. The predicted octanol–water partition coefficient (Wildman–Crippen LogP) is 2.90. The average molecular weight is 243 g/mol. The fourth-order valence-electron chi connectivity index (χ4n) is 2.55. The van der Waals surface area contributed by atoms with Gasteiger partial charge in [0, 0.05) is 11.6 Å². The van der Waals surface area contributed by atoms with Crippen LogP contribution in [0.25, 0.3) is 0 Å². The molecule has 4 heteroatoms. The van der Waals surface area contributed by atoms with E-state index in [1.165, 1.54) is 25.7 Å². The zero-order valence-electron chi connectivity index (χ0n) is 10.3. The van der Waals surface area contributed by atoms with Crippen LogP contribution in [0.4, 0.5) is 5.69 Å². The SMILES string of the molecule is Nc1ccccc1Cc1nc(C2CCCC2)no1. The lowest BCUT2D eigenvalue weighted by Crippen LogP contribution is -1.97. The molecule has 0 spiro atoms. The number of hydrogen-bond acceptors (Lipinski definition) is 4. The van der Waals surface area contributed by atoms with Crippen molar-refractivity contribution in [3.8, 4) is 0 Å². The summed E-state index contributed by atoms with van der Waals surface area (Å²) in [5.74, 6) is 2.03. The van der Waals surface area contributed by atoms with E-state index in [1.54, 1.807) is 0 Å². The number of benzene rings is 1. The summed E-state index contributed by atoms with van der Waals surface area (Å²) in [6.07, 6.45) is 5.55. The van der Waals surface area contributed by atoms with Crippen LogP contribution in [-0.4, -0.2) is 10.1 Å². The summed E-state index contributed by atoms with van der Waals surface area (Å²) in [5.41, 5.74) is 7.72. The van der Waals surface area contributed by atoms with E-state index in [1.807, 2.05) is 24.3 Å². The summed E-state index contributed by atoms with van der Waals surface area (Å²) in [6, 6.07) is 7.79. The first-order chi connectivity index (χ1) is 8.83. The van der Waals surface area contributed by atoms with Gasteiger partial charge in [0.2, 0.25) is 5.89 Å². The maximum absolute atomic E-state index is 5.91. The third-order valence-corrected chi connectivity index (χ3v) is 3.60. The van der Waals surface area contributed by atoms with Crippen LogP contribution in [0.3, 0.4) is 0 Å². The van der Waals surface area contributed by atoms with Crippen LogP contribution >= 0.6 is 0 Å². The maximum Gasteiger partial charge on any atom is 0.231 e. The van der Waals surface area contributed by atoms with Gasteiger partial charge in [-0.2, -0.15) is 4.98 Å². The van der Waals surface area contributed by atoms with E-state index in [2.05, 4.69) is 10.1 Å². The second-order valence-electron chi connectivity index (χ2n) is 4.90. The standard InChI is InChI=1S/C14H17N3O/c15-12-8-4-3-7-11(12)9-13-16-14(17-18-13)10-5-1-2-6-10/h3-4,7-8,10H,1-2,5-6,9,15H2. The summed E-state index contributed by atoms with van der Waals surface area (Å²) in [4.78, 5) is 4.50. The molecule has 94 valence electrons. The predicted molar refractivity (Wildman–Crippen MR) is 69.2 cm³/mol. The number of rotatable bonds is 3. The van der Waals surface area contributed by atoms with E-state index in [4.69, 9.17) is 10.3 Å². The highest BCUT2D eigenvalue weighted by Gasteiger charge is 2.22. The Hall–Kier alpha value is -1.84. The molecule has 3 rings (SSSR count). The molecule has 0 atom stereocenters. The molecule has 1 aliphatic rings. The Labute approximate surface area is 106 Å². The summed E-state index contributed by atoms with van der Waals surface area (Å²) in [7, 11) is 0. The third kappa shape index (κ3) is 2.23. The first-order valence-electron chi connectivity index (χ1n) is 6.49. The van der Waals surface area contributed by atoms with E-state index >= 15 is 0 Å². The fraction of sp³-hybridized carbons (Fsp3) is 0.429. The van der Waals surface area contributed by atoms with Crippen molar-refractivity contribution in [2.75, 3.05) is 5.73 Å². The highest BCUT2D eigenvalue weighted by atomic mass is 16.5. The van der Waals surface area contributed by atoms with E-state index < -0.39 is 0 Å². The van der Waals surface area contributed by atoms with Crippen LogP contribution in [-0.2, 0) is 6.42 Å². The minimum absolute atomic E-state index is 0.496. The van der Waals surface area contributed by atoms with Crippen molar-refractivity contribution in [3.63, 3.8) is 0 Å². The molecule has 0 radical (unpaired) electrons. The third-order valence-electron chi connectivity index (χ3n) is 3.60. The normalized spacial score (nSPS) is 16.2. The van der Waals surface area contributed by atoms with Crippen molar-refractivity contribution >= 4 is 5.69 Å². The molecule has 1 saturated carbocycles. The Balaban J connectivity index is 1.75. The smallest absolute Gasteiger partial charge is 0.231 e. The van der Waals surface area contributed by atoms with E-state index in [9.17, 15) is 0 Å². The summed E-state index contributed by atoms with van der Waals surface area (Å²) in [5, 5.41) is 4.10. The molecule has 0 aliphatic heterocycles. The second-order valence-corrected chi connectivity index (χ2v) is 4.90. The largest absolute Gasteiger partial charge is 0.398 e. The number of nitrogens with zero attached hydrogens (tertiary/aromatic N) is 2. The molecule has 18 heavy (non-hydrogen) atoms. The monoisotopic (exact) mass is 243 g/mol. The zero-order valence-corrected chi connectivity index (χ0v) is 10.3. The van der Waals surface area contributed by atoms with Gasteiger partial charge in [-0.05, 0) is 24.5 Å². The van der Waals surface area contributed by atoms with Crippen molar-refractivity contribution in [1.29, 1.82) is 0 Å². The quantitative estimate of drug-likeness (QED) is 0.842. The average Bonchev–Trinajstić information content (AvgIpc) is 3.02. The van der Waals surface area contributed by atoms with Crippen LogP contribution in [0.15, 0.2) is 28.8 Å². The minimum atomic E-state index is 0.496. The van der Waals surface area contributed by atoms with Gasteiger partial charge in [0.05, 0.1) is 6.42 Å². The molecule has 1 heterocycles. The highest BCUT2D eigenvalue weighted by molar-refractivity contribution is 5.47. The van der Waals surface area contributed by atoms with Gasteiger partial charge < -0.3 is 10.3 Å². The molecule has 0 bridgehead atoms. The Morgan fingerprint density at radius 1 is 1.22 bits per heavy atom. The van der Waals surface area contributed by atoms with Gasteiger partial charge in [0.15, 0.2) is 5.82 Å². The summed E-state index contributed by atoms with van der Waals surface area (Å²) in [6.45, 7) is 0. The molecule has 0 amide bonds. The Morgan fingerprint density at radius 2 is 2.00 bits per heavy atom. The molecular weight excluding hydrogens is 226 g/mol. The number of hydrogen-bond donors (Lipinski definition) is 1. The van der Waals surface area contributed by atoms with Gasteiger partial charge >= 0.3 is 0 Å². The minimum Gasteiger partial charge on any atom is -0.398 e. The van der Waals surface area contributed by atoms with Gasteiger partial charge in [-0.25, -0.2) is 0 Å². The molecular formula is C14H17N3O. The molecule has 1 aromatic heterocycles. The second kappa shape index (κ2) is 4.80. The van der Waals surface area contributed by atoms with Crippen molar-refractivity contribution in [2.45, 2.75) is 38.0 Å². The molecule has 0 saturated heterocycles. The van der Waals surface area contributed by atoms with Gasteiger partial charge in [0.25, 0.3) is 0 Å². The van der Waals surface area contributed by atoms with Gasteiger partial charge in [-0.15, -0.1) is 0 Å². The number of anilines is 1. The molecule has 4 nitrogen and oxygen atoms in total. The fourth-order valence-corrected chi connectivity index (χ4v) is 2.55. The van der Waals surface area contributed by atoms with Gasteiger partial charge in [0.1, 0.15) is 0 Å². The number of aromatic nitrogens is 2. The van der Waals surface area contributed by atoms with Crippen molar-refractivity contribution in [2.24, 2.45) is 0 Å². The van der Waals surface area contributed by atoms with Crippen LogP contribution < -0.4 is 5.73 Å². The molecule has 1 fully saturated rings. The molecule has 2 aromatic rings. The van der Waals surface area contributed by atoms with Crippen LogP contribution in [0.5, 0.6) is 0 Å². The van der Waals surface area contributed by atoms with E-state index in [-0.39, 0.29) is 0 Å². The lowest BCUT2D eigenvalue weighted by Gasteiger charge is -2.01. The Morgan fingerprint density at radius 3 is 2.78 bits per heavy atom. The molecule has 1 aromatic carbocycles. The van der Waals surface area contributed by atoms with Crippen molar-refractivity contribution in [3.05, 3.63) is 41.5 Å². The first kappa shape index (κ1) is 11.3. The number of nitrogen functional groups attached to an aromatic ring is 1. The first-order valence-corrected chi connectivity index (χ1v) is 6.49. The molecule has 1 aliphatic carbocycles. The van der Waals surface area contributed by atoms with Gasteiger partial charge in [-0.3, -0.25) is 0 Å². The Kier molecular flexibility index (Phi) is 3.00. The maximum atomic E-state index is 5.91. The van der Waals surface area contributed by atoms with Crippen LogP contribution in [0.2, 0.25) is 0 Å².